The highest BCUT2D eigenvalue weighted by atomic mass is 16.1. The van der Waals surface area contributed by atoms with Crippen LogP contribution in [0.4, 0.5) is 5.69 Å². The normalized spacial score (nSPS) is 13.9. The summed E-state index contributed by atoms with van der Waals surface area (Å²) in [6, 6.07) is 7.76. The van der Waals surface area contributed by atoms with Crippen LogP contribution in [0, 0.1) is 0 Å². The molecule has 0 aromatic heterocycles. The Morgan fingerprint density at radius 2 is 1.71 bits per heavy atom. The molecule has 1 aromatic carbocycles. The summed E-state index contributed by atoms with van der Waals surface area (Å²) in [6.45, 7) is 10.0. The van der Waals surface area contributed by atoms with Crippen molar-refractivity contribution < 1.29 is 4.79 Å². The van der Waals surface area contributed by atoms with E-state index in [0.29, 0.717) is 0 Å². The molecule has 1 heterocycles. The Morgan fingerprint density at radius 1 is 1.12 bits per heavy atom. The quantitative estimate of drug-likeness (QED) is 0.712. The van der Waals surface area contributed by atoms with E-state index < -0.39 is 0 Å². The monoisotopic (exact) mass is 233 g/mol. The van der Waals surface area contributed by atoms with E-state index in [1.54, 1.807) is 0 Å². The van der Waals surface area contributed by atoms with Gasteiger partial charge in [-0.15, -0.1) is 0 Å². The highest BCUT2D eigenvalue weighted by Crippen LogP contribution is 2.31. The van der Waals surface area contributed by atoms with Gasteiger partial charge >= 0.3 is 0 Å². The molecule has 0 radical (unpaired) electrons. The summed E-state index contributed by atoms with van der Waals surface area (Å²) in [5, 5.41) is 2.83. The summed E-state index contributed by atoms with van der Waals surface area (Å²) in [5.41, 5.74) is 2.75. The average molecular weight is 233 g/mol. The Kier molecular flexibility index (Phi) is 7.78. The third-order valence-corrected chi connectivity index (χ3v) is 2.12. The number of para-hydroxylation sites is 1. The second-order valence-corrected chi connectivity index (χ2v) is 3.03. The molecular formula is C15H23NO. The lowest BCUT2D eigenvalue weighted by Crippen LogP contribution is -2.03. The van der Waals surface area contributed by atoms with Crippen LogP contribution in [-0.4, -0.2) is 5.91 Å². The van der Waals surface area contributed by atoms with Crippen molar-refractivity contribution in [2.24, 2.45) is 0 Å². The molecule has 1 aliphatic rings. The molecule has 0 saturated heterocycles. The summed E-state index contributed by atoms with van der Waals surface area (Å²) in [5.74, 6) is 0.0167. The Morgan fingerprint density at radius 3 is 2.29 bits per heavy atom. The lowest BCUT2D eigenvalue weighted by atomic mass is 10.1. The van der Waals surface area contributed by atoms with Crippen molar-refractivity contribution in [3.8, 4) is 0 Å². The van der Waals surface area contributed by atoms with Crippen LogP contribution in [0.3, 0.4) is 0 Å². The van der Waals surface area contributed by atoms with E-state index >= 15 is 0 Å². The number of allylic oxidation sites excluding steroid dienone is 1. The minimum absolute atomic E-state index is 0.0167. The number of benzene rings is 1. The van der Waals surface area contributed by atoms with Gasteiger partial charge in [0.15, 0.2) is 0 Å². The molecule has 17 heavy (non-hydrogen) atoms. The summed E-state index contributed by atoms with van der Waals surface area (Å²) in [6.07, 6.45) is 2.85. The molecule has 0 spiro atoms. The average Bonchev–Trinajstić information content (AvgIpc) is 2.72. The van der Waals surface area contributed by atoms with Crippen LogP contribution in [0.1, 0.15) is 46.6 Å². The second-order valence-electron chi connectivity index (χ2n) is 3.03. The molecule has 2 rings (SSSR count). The molecule has 1 aliphatic heterocycles. The van der Waals surface area contributed by atoms with E-state index in [2.05, 4.69) is 5.32 Å². The molecule has 0 bridgehead atoms. The lowest BCUT2D eigenvalue weighted by Gasteiger charge is -1.94. The van der Waals surface area contributed by atoms with Crippen LogP contribution in [0.2, 0.25) is 0 Å². The summed E-state index contributed by atoms with van der Waals surface area (Å²) in [7, 11) is 0. The maximum atomic E-state index is 11.4. The topological polar surface area (TPSA) is 29.1 Å². The van der Waals surface area contributed by atoms with Crippen molar-refractivity contribution in [2.75, 3.05) is 5.32 Å². The maximum absolute atomic E-state index is 11.4. The molecule has 2 nitrogen and oxygen atoms in total. The molecule has 0 atom stereocenters. The number of nitrogens with one attached hydrogen (secondary N) is 1. The first-order valence-electron chi connectivity index (χ1n) is 6.44. The predicted octanol–water partition coefficient (Wildman–Crippen LogP) is 4.48. The number of hydrogen-bond acceptors (Lipinski definition) is 1. The van der Waals surface area contributed by atoms with Crippen molar-refractivity contribution in [1.29, 1.82) is 0 Å². The minimum atomic E-state index is 0.0167. The fourth-order valence-corrected chi connectivity index (χ4v) is 1.55. The number of rotatable bonds is 1. The van der Waals surface area contributed by atoms with Crippen molar-refractivity contribution in [3.05, 3.63) is 35.9 Å². The van der Waals surface area contributed by atoms with Crippen molar-refractivity contribution >= 4 is 17.2 Å². The van der Waals surface area contributed by atoms with Crippen LogP contribution in [0.15, 0.2) is 30.3 Å². The molecule has 0 fully saturated rings. The number of hydrogen-bond donors (Lipinski definition) is 1. The Labute approximate surface area is 105 Å². The van der Waals surface area contributed by atoms with Gasteiger partial charge in [0.05, 0.1) is 0 Å². The first-order chi connectivity index (χ1) is 8.33. The first-order valence-corrected chi connectivity index (χ1v) is 6.44. The molecule has 0 unspecified atom stereocenters. The smallest absolute Gasteiger partial charge is 0.256 e. The Bertz CT molecular complexity index is 380. The predicted molar refractivity (Wildman–Crippen MR) is 76.0 cm³/mol. The van der Waals surface area contributed by atoms with E-state index in [1.807, 2.05) is 65.0 Å². The van der Waals surface area contributed by atoms with E-state index in [-0.39, 0.29) is 5.91 Å². The molecule has 0 aliphatic carbocycles. The summed E-state index contributed by atoms with van der Waals surface area (Å²) >= 11 is 0. The van der Waals surface area contributed by atoms with Crippen LogP contribution in [-0.2, 0) is 4.79 Å². The molecule has 1 N–H and O–H groups in total. The van der Waals surface area contributed by atoms with Gasteiger partial charge < -0.3 is 5.32 Å². The highest BCUT2D eigenvalue weighted by Gasteiger charge is 2.22. The minimum Gasteiger partial charge on any atom is -0.321 e. The maximum Gasteiger partial charge on any atom is 0.256 e. The Balaban J connectivity index is 0.000000581. The highest BCUT2D eigenvalue weighted by molar-refractivity contribution is 6.31. The van der Waals surface area contributed by atoms with E-state index in [4.69, 9.17) is 0 Å². The third-order valence-electron chi connectivity index (χ3n) is 2.12. The fraction of sp³-hybridized carbons (Fsp3) is 0.400. The van der Waals surface area contributed by atoms with Gasteiger partial charge in [-0.25, -0.2) is 0 Å². The van der Waals surface area contributed by atoms with Gasteiger partial charge in [-0.3, -0.25) is 4.79 Å². The van der Waals surface area contributed by atoms with E-state index in [0.717, 1.165) is 23.2 Å². The van der Waals surface area contributed by atoms with E-state index in [1.165, 1.54) is 0 Å². The SMILES string of the molecule is CC.CC.CC/C=C1\C(=O)Nc2ccccc21. The zero-order chi connectivity index (χ0) is 13.3. The zero-order valence-electron chi connectivity index (χ0n) is 11.5. The lowest BCUT2D eigenvalue weighted by molar-refractivity contribution is -0.110. The van der Waals surface area contributed by atoms with Gasteiger partial charge in [0.1, 0.15) is 0 Å². The number of carbonyl (C=O) groups is 1. The molecule has 0 saturated carbocycles. The van der Waals surface area contributed by atoms with Crippen molar-refractivity contribution in [3.63, 3.8) is 0 Å². The fourth-order valence-electron chi connectivity index (χ4n) is 1.55. The molecule has 1 aromatic rings. The number of anilines is 1. The third kappa shape index (κ3) is 3.74. The van der Waals surface area contributed by atoms with Gasteiger partial charge in [-0.2, -0.15) is 0 Å². The zero-order valence-corrected chi connectivity index (χ0v) is 11.5. The summed E-state index contributed by atoms with van der Waals surface area (Å²) in [4.78, 5) is 11.4. The first kappa shape index (κ1) is 15.4. The molecule has 2 heteroatoms. The van der Waals surface area contributed by atoms with Crippen LogP contribution >= 0.6 is 0 Å². The largest absolute Gasteiger partial charge is 0.321 e. The van der Waals surface area contributed by atoms with Crippen molar-refractivity contribution in [2.45, 2.75) is 41.0 Å². The van der Waals surface area contributed by atoms with Gasteiger partial charge in [0.2, 0.25) is 0 Å². The van der Waals surface area contributed by atoms with Crippen LogP contribution < -0.4 is 5.32 Å². The standard InChI is InChI=1S/C11H11NO.2C2H6/c1-2-5-9-8-6-3-4-7-10(8)12-11(9)13;2*1-2/h3-7H,2H2,1H3,(H,12,13);2*1-2H3/b9-5-;;. The molecular weight excluding hydrogens is 210 g/mol. The van der Waals surface area contributed by atoms with Crippen LogP contribution in [0.25, 0.3) is 5.57 Å². The number of amides is 1. The van der Waals surface area contributed by atoms with Gasteiger partial charge in [-0.05, 0) is 12.5 Å². The number of fused-ring (bicyclic) bond motifs is 1. The molecule has 1 amide bonds. The number of carbonyl (C=O) groups excluding carboxylic acids is 1. The second kappa shape index (κ2) is 8.57. The van der Waals surface area contributed by atoms with Gasteiger partial charge in [-0.1, -0.05) is 58.9 Å². The molecule has 94 valence electrons. The van der Waals surface area contributed by atoms with E-state index in [9.17, 15) is 4.79 Å². The van der Waals surface area contributed by atoms with Gasteiger partial charge in [0, 0.05) is 16.8 Å². The van der Waals surface area contributed by atoms with Crippen LogP contribution in [0.5, 0.6) is 0 Å². The summed E-state index contributed by atoms with van der Waals surface area (Å²) < 4.78 is 0. The Hall–Kier alpha value is -1.57. The van der Waals surface area contributed by atoms with Crippen molar-refractivity contribution in [1.82, 2.24) is 0 Å². The van der Waals surface area contributed by atoms with Gasteiger partial charge in [0.25, 0.3) is 5.91 Å².